The fourth-order valence-corrected chi connectivity index (χ4v) is 3.84. The first-order valence-corrected chi connectivity index (χ1v) is 9.85. The van der Waals surface area contributed by atoms with E-state index in [1.54, 1.807) is 11.4 Å². The summed E-state index contributed by atoms with van der Waals surface area (Å²) >= 11 is 7.29. The number of nitrogens with zero attached hydrogens (tertiary/aromatic N) is 1. The molecule has 0 aromatic carbocycles. The van der Waals surface area contributed by atoms with Gasteiger partial charge in [0.25, 0.3) is 0 Å². The Morgan fingerprint density at radius 3 is 2.75 bits per heavy atom. The smallest absolute Gasteiger partial charge is 0.410 e. The SMILES string of the molecule is O=C(O)C[C@H](NC(=O)[C@@H]1CCCCN1C(=O)OCc1sccc1Cl)C(=O)CF. The van der Waals surface area contributed by atoms with Crippen LogP contribution in [0.4, 0.5) is 9.18 Å². The minimum absolute atomic E-state index is 0.0395. The number of hydrogen-bond donors (Lipinski definition) is 2. The Morgan fingerprint density at radius 2 is 2.14 bits per heavy atom. The first-order valence-electron chi connectivity index (χ1n) is 8.59. The van der Waals surface area contributed by atoms with Crippen LogP contribution in [0.1, 0.15) is 30.6 Å². The van der Waals surface area contributed by atoms with Crippen LogP contribution in [0.2, 0.25) is 5.02 Å². The number of carbonyl (C=O) groups is 4. The van der Waals surface area contributed by atoms with Crippen LogP contribution in [0, 0.1) is 0 Å². The number of amides is 2. The summed E-state index contributed by atoms with van der Waals surface area (Å²) < 4.78 is 17.9. The number of ketones is 1. The number of carboxylic acids is 1. The number of aliphatic carboxylic acids is 1. The Hall–Kier alpha value is -2.20. The zero-order valence-corrected chi connectivity index (χ0v) is 16.4. The van der Waals surface area contributed by atoms with E-state index in [4.69, 9.17) is 21.4 Å². The van der Waals surface area contributed by atoms with Crippen LogP contribution in [-0.2, 0) is 25.7 Å². The maximum absolute atomic E-state index is 12.7. The van der Waals surface area contributed by atoms with E-state index in [2.05, 4.69) is 5.32 Å². The summed E-state index contributed by atoms with van der Waals surface area (Å²) in [5, 5.41) is 13.3. The van der Waals surface area contributed by atoms with Gasteiger partial charge in [0.15, 0.2) is 5.78 Å². The monoisotopic (exact) mass is 434 g/mol. The van der Waals surface area contributed by atoms with E-state index < -0.39 is 48.9 Å². The van der Waals surface area contributed by atoms with Crippen LogP contribution in [0.25, 0.3) is 0 Å². The molecule has 1 saturated heterocycles. The molecular formula is C17H20ClFN2O6S. The topological polar surface area (TPSA) is 113 Å². The lowest BCUT2D eigenvalue weighted by Gasteiger charge is -2.34. The van der Waals surface area contributed by atoms with Crippen LogP contribution in [0.3, 0.4) is 0 Å². The number of halogens is 2. The van der Waals surface area contributed by atoms with Crippen LogP contribution in [-0.4, -0.2) is 59.1 Å². The molecule has 11 heteroatoms. The summed E-state index contributed by atoms with van der Waals surface area (Å²) in [6, 6.07) is -0.736. The van der Waals surface area contributed by atoms with Crippen molar-refractivity contribution in [3.8, 4) is 0 Å². The summed E-state index contributed by atoms with van der Waals surface area (Å²) in [4.78, 5) is 49.3. The summed E-state index contributed by atoms with van der Waals surface area (Å²) in [7, 11) is 0. The maximum Gasteiger partial charge on any atom is 0.410 e. The van der Waals surface area contributed by atoms with E-state index in [0.717, 1.165) is 0 Å². The molecule has 2 heterocycles. The lowest BCUT2D eigenvalue weighted by Crippen LogP contribution is -2.55. The molecule has 1 aliphatic heterocycles. The molecule has 0 radical (unpaired) electrons. The lowest BCUT2D eigenvalue weighted by molar-refractivity contribution is -0.140. The highest BCUT2D eigenvalue weighted by Gasteiger charge is 2.35. The molecule has 0 aliphatic carbocycles. The van der Waals surface area contributed by atoms with Crippen LogP contribution >= 0.6 is 22.9 Å². The number of hydrogen-bond acceptors (Lipinski definition) is 6. The molecule has 0 spiro atoms. The van der Waals surface area contributed by atoms with Gasteiger partial charge < -0.3 is 15.2 Å². The average Bonchev–Trinajstić information content (AvgIpc) is 3.09. The van der Waals surface area contributed by atoms with Gasteiger partial charge in [0, 0.05) is 6.54 Å². The van der Waals surface area contributed by atoms with Gasteiger partial charge in [-0.25, -0.2) is 9.18 Å². The van der Waals surface area contributed by atoms with Gasteiger partial charge >= 0.3 is 12.1 Å². The highest BCUT2D eigenvalue weighted by molar-refractivity contribution is 7.10. The minimum atomic E-state index is -1.49. The Bertz CT molecular complexity index is 743. The van der Waals surface area contributed by atoms with Gasteiger partial charge in [-0.3, -0.25) is 19.3 Å². The fraction of sp³-hybridized carbons (Fsp3) is 0.529. The van der Waals surface area contributed by atoms with Gasteiger partial charge in [0.2, 0.25) is 5.91 Å². The molecule has 8 nitrogen and oxygen atoms in total. The molecule has 28 heavy (non-hydrogen) atoms. The molecule has 1 aromatic rings. The zero-order chi connectivity index (χ0) is 20.7. The van der Waals surface area contributed by atoms with Crippen LogP contribution < -0.4 is 5.32 Å². The molecule has 0 unspecified atom stereocenters. The molecule has 154 valence electrons. The Kier molecular flexibility index (Phi) is 8.18. The third-order valence-electron chi connectivity index (χ3n) is 4.27. The average molecular weight is 435 g/mol. The normalized spacial score (nSPS) is 17.6. The third-order valence-corrected chi connectivity index (χ3v) is 5.63. The number of Topliss-reactive ketones (excluding diaryl/α,β-unsaturated/α-hetero) is 1. The fourth-order valence-electron chi connectivity index (χ4n) is 2.84. The highest BCUT2D eigenvalue weighted by atomic mass is 35.5. The van der Waals surface area contributed by atoms with Gasteiger partial charge in [-0.05, 0) is 30.7 Å². The number of rotatable bonds is 8. The number of carboxylic acid groups (broad SMARTS) is 1. The zero-order valence-electron chi connectivity index (χ0n) is 14.9. The second-order valence-corrected chi connectivity index (χ2v) is 7.62. The summed E-state index contributed by atoms with van der Waals surface area (Å²) in [6.45, 7) is -1.16. The number of piperidine rings is 1. The van der Waals surface area contributed by atoms with Crippen LogP contribution in [0.5, 0.6) is 0 Å². The largest absolute Gasteiger partial charge is 0.481 e. The van der Waals surface area contributed by atoms with Gasteiger partial charge in [0.1, 0.15) is 25.4 Å². The predicted octanol–water partition coefficient (Wildman–Crippen LogP) is 2.39. The number of likely N-dealkylation sites (tertiary alicyclic amines) is 1. The van der Waals surface area contributed by atoms with Crippen molar-refractivity contribution in [3.63, 3.8) is 0 Å². The Balaban J connectivity index is 2.02. The second kappa shape index (κ2) is 10.4. The second-order valence-electron chi connectivity index (χ2n) is 6.21. The van der Waals surface area contributed by atoms with E-state index in [1.165, 1.54) is 16.2 Å². The Labute approximate surface area is 169 Å². The van der Waals surface area contributed by atoms with Crippen molar-refractivity contribution < 1.29 is 33.4 Å². The van der Waals surface area contributed by atoms with E-state index in [1.807, 2.05) is 0 Å². The molecular weight excluding hydrogens is 415 g/mol. The van der Waals surface area contributed by atoms with Crippen molar-refractivity contribution in [1.29, 1.82) is 0 Å². The highest BCUT2D eigenvalue weighted by Crippen LogP contribution is 2.24. The standard InChI is InChI=1S/C17H20ClFN2O6S/c18-10-4-6-28-14(10)9-27-17(26)21-5-2-1-3-12(21)16(25)20-11(7-15(23)24)13(22)8-19/h4,6,11-12H,1-3,5,7-9H2,(H,20,25)(H,23,24)/t11-,12-/m0/s1. The molecule has 1 fully saturated rings. The van der Waals surface area contributed by atoms with Crippen molar-refractivity contribution in [2.45, 2.75) is 44.4 Å². The maximum atomic E-state index is 12.7. The molecule has 2 N–H and O–H groups in total. The van der Waals surface area contributed by atoms with E-state index in [0.29, 0.717) is 29.2 Å². The minimum Gasteiger partial charge on any atom is -0.481 e. The Morgan fingerprint density at radius 1 is 1.39 bits per heavy atom. The van der Waals surface area contributed by atoms with Crippen molar-refractivity contribution >= 4 is 46.7 Å². The molecule has 0 saturated carbocycles. The van der Waals surface area contributed by atoms with Crippen molar-refractivity contribution in [1.82, 2.24) is 10.2 Å². The predicted molar refractivity (Wildman–Crippen MR) is 99.0 cm³/mol. The number of alkyl halides is 1. The molecule has 1 aliphatic rings. The molecule has 1 aromatic heterocycles. The summed E-state index contributed by atoms with van der Waals surface area (Å²) in [5.41, 5.74) is 0. The quantitative estimate of drug-likeness (QED) is 0.649. The summed E-state index contributed by atoms with van der Waals surface area (Å²) in [6.07, 6.45) is 0.211. The van der Waals surface area contributed by atoms with E-state index in [-0.39, 0.29) is 13.2 Å². The van der Waals surface area contributed by atoms with Crippen LogP contribution in [0.15, 0.2) is 11.4 Å². The number of ether oxygens (including phenoxy) is 1. The first kappa shape index (κ1) is 22.1. The molecule has 0 bridgehead atoms. The van der Waals surface area contributed by atoms with Gasteiger partial charge in [0.05, 0.1) is 16.3 Å². The number of thiophene rings is 1. The van der Waals surface area contributed by atoms with E-state index in [9.17, 15) is 23.6 Å². The molecule has 2 rings (SSSR count). The van der Waals surface area contributed by atoms with Gasteiger partial charge in [-0.15, -0.1) is 11.3 Å². The van der Waals surface area contributed by atoms with E-state index >= 15 is 0 Å². The van der Waals surface area contributed by atoms with Gasteiger partial charge in [-0.2, -0.15) is 0 Å². The number of nitrogens with one attached hydrogen (secondary N) is 1. The summed E-state index contributed by atoms with van der Waals surface area (Å²) in [5.74, 6) is -3.09. The lowest BCUT2D eigenvalue weighted by atomic mass is 10.0. The molecule has 2 amide bonds. The molecule has 2 atom stereocenters. The van der Waals surface area contributed by atoms with Crippen molar-refractivity contribution in [2.24, 2.45) is 0 Å². The van der Waals surface area contributed by atoms with Gasteiger partial charge in [-0.1, -0.05) is 11.6 Å². The number of carbonyl (C=O) groups excluding carboxylic acids is 3. The van der Waals surface area contributed by atoms with Crippen molar-refractivity contribution in [2.75, 3.05) is 13.2 Å². The van der Waals surface area contributed by atoms with Crippen molar-refractivity contribution in [3.05, 3.63) is 21.3 Å². The third kappa shape index (κ3) is 5.90. The first-order chi connectivity index (χ1) is 13.3.